The summed E-state index contributed by atoms with van der Waals surface area (Å²) >= 11 is 0. The Morgan fingerprint density at radius 1 is 0.423 bits per heavy atom. The minimum Gasteiger partial charge on any atom is -0.382 e. The third-order valence-electron chi connectivity index (χ3n) is 14.4. The molecule has 12 rings (SSSR count). The van der Waals surface area contributed by atoms with E-state index in [0.29, 0.717) is 91.4 Å². The molecule has 0 radical (unpaired) electrons. The monoisotopic (exact) mass is 1330 g/mol. The molecule has 1 aliphatic heterocycles. The minimum absolute atomic E-state index is 0.0536. The summed E-state index contributed by atoms with van der Waals surface area (Å²) in [6.07, 6.45) is 10.2. The van der Waals surface area contributed by atoms with E-state index in [1.165, 1.54) is 6.33 Å². The number of rotatable bonds is 2. The molecule has 11 aromatic rings. The van der Waals surface area contributed by atoms with Gasteiger partial charge in [0.25, 0.3) is 17.0 Å². The Hall–Kier alpha value is -10.8. The number of anilines is 4. The van der Waals surface area contributed by atoms with E-state index in [1.807, 2.05) is 101 Å². The number of fused-ring (bicyclic) bond motifs is 6. The molecule has 0 atom stereocenters. The Kier molecular flexibility index (Phi) is 20.8. The molecular weight excluding hydrogens is 1240 g/mol. The number of hydrogen-bond donors (Lipinski definition) is 10. The highest BCUT2D eigenvalue weighted by molar-refractivity contribution is 5.98. The smallest absolute Gasteiger partial charge is 0.299 e. The number of aromatic nitrogens is 22. The summed E-state index contributed by atoms with van der Waals surface area (Å²) in [5.41, 5.74) is 26.8. The van der Waals surface area contributed by atoms with E-state index in [9.17, 15) is 19.2 Å². The number of aromatic amines is 1. The first-order valence-corrected chi connectivity index (χ1v) is 30.8. The maximum atomic E-state index is 12.0. The molecule has 2 amide bonds. The van der Waals surface area contributed by atoms with Crippen LogP contribution in [0.2, 0.25) is 0 Å². The first-order chi connectivity index (χ1) is 44.8. The van der Waals surface area contributed by atoms with Gasteiger partial charge in [-0.1, -0.05) is 0 Å². The highest BCUT2D eigenvalue weighted by atomic mass is 16.2. The Morgan fingerprint density at radius 3 is 1.25 bits per heavy atom. The van der Waals surface area contributed by atoms with Crippen molar-refractivity contribution in [3.05, 3.63) is 105 Å². The predicted octanol–water partition coefficient (Wildman–Crippen LogP) is 5.27. The van der Waals surface area contributed by atoms with Crippen molar-refractivity contribution in [1.29, 1.82) is 5.41 Å². The van der Waals surface area contributed by atoms with Crippen molar-refractivity contribution >= 4 is 90.6 Å². The molecule has 12 heterocycles. The fraction of sp³-hybridized carbons (Fsp3) is 0.484. The fourth-order valence-corrected chi connectivity index (χ4v) is 9.80. The Balaban J connectivity index is 0.000000164. The van der Waals surface area contributed by atoms with Gasteiger partial charge in [0, 0.05) is 33.2 Å². The second kappa shape index (κ2) is 27.5. The number of nitrogens with one attached hydrogen (secondary N) is 6. The SMILES string of the molecule is CC(C)(C)n1cnc2c1C(=O)NNC(=O)C2.Cc1nc(=O)c2ncn(C(C)(C)C)c2c(=O)[nH]1.Cc1nc(N)c2c(ncn2C(C)(C)C)c(=N)n1.Cc1nc(N)c2ncn(C(C)(C)C)c2n1.Cc1nc(NN)c2ncn(C(C)(C)C)c2n1.Cc1nc(NN)c2ncn(C(C)(C)C)c2n1. The van der Waals surface area contributed by atoms with Gasteiger partial charge in [-0.25, -0.2) is 81.5 Å². The molecule has 0 fully saturated rings. The first kappa shape index (κ1) is 73.6. The lowest BCUT2D eigenvalue weighted by Crippen LogP contribution is -2.41. The lowest BCUT2D eigenvalue weighted by Gasteiger charge is -2.22. The summed E-state index contributed by atoms with van der Waals surface area (Å²) < 4.78 is 11.4. The molecule has 11 aromatic heterocycles. The Morgan fingerprint density at radius 2 is 0.794 bits per heavy atom. The minimum atomic E-state index is -0.487. The average molecular weight is 1330 g/mol. The number of H-pyrrole nitrogens is 1. The van der Waals surface area contributed by atoms with Crippen LogP contribution in [-0.4, -0.2) is 119 Å². The third-order valence-corrected chi connectivity index (χ3v) is 14.4. The van der Waals surface area contributed by atoms with Gasteiger partial charge in [0.15, 0.2) is 62.3 Å². The van der Waals surface area contributed by atoms with Gasteiger partial charge in [-0.15, -0.1) is 0 Å². The van der Waals surface area contributed by atoms with Gasteiger partial charge < -0.3 is 54.7 Å². The van der Waals surface area contributed by atoms with Crippen LogP contribution in [0, 0.1) is 40.0 Å². The maximum absolute atomic E-state index is 12.0. The number of nitrogens with zero attached hydrogens (tertiary/aromatic N) is 21. The second-order valence-corrected chi connectivity index (χ2v) is 28.7. The standard InChI is InChI=1S/C11H16N6.C11H14N4O2.2C10H16N6.C10H15N5.C10H14N4O2/c1-6-15-9(12)7-8(10(13)16-6)17(5-14-7)11(2,3)4;1-6-13-9(16)7-8(10(17)14-6)15(5-12-7)11(2,3)4;2*1-6-13-8(15-11)7-9(14-6)16(5-12-7)10(2,3)4;1-6-13-8(11)7-9(14-6)15(5-12-7)10(2,3)4;1-10(2,3)14-5-11-6-4-7(15)12-13-9(16)8(6)14/h5H,1-4H3,(H3,12,13,15,16);5H,1-4H3,(H,13,14,16,17);2*5H,11H2,1-4H3,(H,13,14,15);5H,1-4H3,(H2,11,13,14);5H,4H2,1-3H3,(H,12,15)(H,13,16). The third kappa shape index (κ3) is 16.6. The summed E-state index contributed by atoms with van der Waals surface area (Å²) in [5.74, 6) is 15.0. The van der Waals surface area contributed by atoms with Crippen molar-refractivity contribution in [3.8, 4) is 0 Å². The number of amides is 2. The number of hydrogen-bond acceptors (Lipinski definition) is 26. The van der Waals surface area contributed by atoms with Gasteiger partial charge in [0.05, 0.1) is 50.1 Å². The summed E-state index contributed by atoms with van der Waals surface area (Å²) in [5, 5.41) is 7.86. The lowest BCUT2D eigenvalue weighted by atomic mass is 10.1. The van der Waals surface area contributed by atoms with Crippen molar-refractivity contribution in [2.45, 2.75) is 199 Å². The van der Waals surface area contributed by atoms with Gasteiger partial charge in [0.1, 0.15) is 56.9 Å². The van der Waals surface area contributed by atoms with E-state index < -0.39 is 5.56 Å². The van der Waals surface area contributed by atoms with E-state index in [4.69, 9.17) is 28.6 Å². The number of carbonyl (C=O) groups excluding carboxylic acids is 2. The molecule has 0 spiro atoms. The van der Waals surface area contributed by atoms with Crippen LogP contribution in [-0.2, 0) is 44.4 Å². The van der Waals surface area contributed by atoms with E-state index >= 15 is 0 Å². The van der Waals surface area contributed by atoms with Crippen molar-refractivity contribution in [2.75, 3.05) is 22.3 Å². The van der Waals surface area contributed by atoms with Gasteiger partial charge >= 0.3 is 0 Å². The number of nitrogen functional groups attached to an aromatic ring is 4. The molecule has 35 heteroatoms. The van der Waals surface area contributed by atoms with Gasteiger partial charge in [-0.05, 0) is 159 Å². The molecule has 0 unspecified atom stereocenters. The number of nitrogens with two attached hydrogens (primary N) is 4. The molecule has 97 heavy (non-hydrogen) atoms. The normalized spacial score (nSPS) is 12.8. The zero-order valence-electron chi connectivity index (χ0n) is 59.5. The molecule has 518 valence electrons. The number of hydrazine groups is 3. The molecule has 0 saturated heterocycles. The number of aryl methyl sites for hydroxylation is 5. The molecule has 1 aliphatic rings. The molecule has 0 aliphatic carbocycles. The highest BCUT2D eigenvalue weighted by Crippen LogP contribution is 2.28. The summed E-state index contributed by atoms with van der Waals surface area (Å²) in [4.78, 5) is 112. The number of carbonyl (C=O) groups is 2. The van der Waals surface area contributed by atoms with Gasteiger partial charge in [-0.3, -0.25) is 35.4 Å². The molecule has 0 bridgehead atoms. The van der Waals surface area contributed by atoms with Crippen LogP contribution in [0.15, 0.2) is 47.6 Å². The van der Waals surface area contributed by atoms with Crippen LogP contribution in [0.5, 0.6) is 0 Å². The van der Waals surface area contributed by atoms with Crippen LogP contribution in [0.3, 0.4) is 0 Å². The second-order valence-electron chi connectivity index (χ2n) is 28.7. The van der Waals surface area contributed by atoms with Crippen molar-refractivity contribution in [3.63, 3.8) is 0 Å². The average Bonchev–Trinajstić information content (AvgIpc) is 1.71. The van der Waals surface area contributed by atoms with Gasteiger partial charge in [-0.2, -0.15) is 4.98 Å². The zero-order chi connectivity index (χ0) is 72.6. The van der Waals surface area contributed by atoms with Crippen LogP contribution < -0.4 is 61.5 Å². The first-order valence-electron chi connectivity index (χ1n) is 30.8. The summed E-state index contributed by atoms with van der Waals surface area (Å²) in [7, 11) is 0. The van der Waals surface area contributed by atoms with Crippen LogP contribution >= 0.6 is 0 Å². The van der Waals surface area contributed by atoms with Crippen molar-refractivity contribution < 1.29 is 9.59 Å². The van der Waals surface area contributed by atoms with Crippen molar-refractivity contribution in [1.82, 2.24) is 118 Å². The largest absolute Gasteiger partial charge is 0.382 e. The van der Waals surface area contributed by atoms with Gasteiger partial charge in [0.2, 0.25) is 5.91 Å². The molecule has 0 saturated carbocycles. The molecule has 0 aromatic carbocycles. The molecule has 14 N–H and O–H groups in total. The summed E-state index contributed by atoms with van der Waals surface area (Å²) in [6.45, 7) is 45.5. The zero-order valence-corrected chi connectivity index (χ0v) is 59.5. The van der Waals surface area contributed by atoms with Crippen LogP contribution in [0.25, 0.3) is 55.6 Å². The van der Waals surface area contributed by atoms with Crippen LogP contribution in [0.4, 0.5) is 23.3 Å². The maximum Gasteiger partial charge on any atom is 0.299 e. The quantitative estimate of drug-likeness (QED) is 0.0778. The van der Waals surface area contributed by atoms with E-state index in [0.717, 1.165) is 16.9 Å². The fourth-order valence-electron chi connectivity index (χ4n) is 9.80. The van der Waals surface area contributed by atoms with Crippen LogP contribution in [0.1, 0.15) is 170 Å². The summed E-state index contributed by atoms with van der Waals surface area (Å²) in [6, 6.07) is 0. The lowest BCUT2D eigenvalue weighted by molar-refractivity contribution is -0.121. The highest BCUT2D eigenvalue weighted by Gasteiger charge is 2.30. The Bertz CT molecular complexity index is 4830. The molecule has 35 nitrogen and oxygen atoms in total. The molecular formula is C62H91N31O4. The van der Waals surface area contributed by atoms with E-state index in [2.05, 4.69) is 164 Å². The van der Waals surface area contributed by atoms with Crippen molar-refractivity contribution in [2.24, 2.45) is 11.7 Å². The topological polar surface area (TPSA) is 483 Å². The predicted molar refractivity (Wildman–Crippen MR) is 371 cm³/mol. The van der Waals surface area contributed by atoms with E-state index in [-0.39, 0.29) is 73.5 Å². The Labute approximate surface area is 559 Å². The van der Waals surface area contributed by atoms with E-state index in [1.54, 1.807) is 54.6 Å². The number of imidazole rings is 6.